The first-order valence-electron chi connectivity index (χ1n) is 11.3. The summed E-state index contributed by atoms with van der Waals surface area (Å²) in [5.74, 6) is -1.43. The van der Waals surface area contributed by atoms with Crippen molar-refractivity contribution in [2.24, 2.45) is 0 Å². The van der Waals surface area contributed by atoms with Crippen molar-refractivity contribution >= 4 is 32.7 Å². The maximum atomic E-state index is 13.9. The van der Waals surface area contributed by atoms with Crippen LogP contribution in [0.4, 0.5) is 18.3 Å². The fraction of sp³-hybridized carbons (Fsp3) is 0.478. The molecule has 0 bridgehead atoms. The molecule has 35 heavy (non-hydrogen) atoms. The van der Waals surface area contributed by atoms with Crippen LogP contribution in [0.2, 0.25) is 0 Å². The highest BCUT2D eigenvalue weighted by molar-refractivity contribution is 7.21. The number of hydrogen-bond donors (Lipinski definition) is 1. The van der Waals surface area contributed by atoms with E-state index in [1.165, 1.54) is 7.11 Å². The topological polar surface area (TPSA) is 89.3 Å². The van der Waals surface area contributed by atoms with Crippen LogP contribution in [-0.4, -0.2) is 46.7 Å². The highest BCUT2D eigenvalue weighted by Crippen LogP contribution is 2.46. The maximum absolute atomic E-state index is 13.9. The van der Waals surface area contributed by atoms with Gasteiger partial charge in [0, 0.05) is 20.2 Å². The molecular formula is C23H24F3N5O3S. The third-order valence-electron chi connectivity index (χ3n) is 6.50. The fourth-order valence-electron chi connectivity index (χ4n) is 4.63. The molecule has 1 N–H and O–H groups in total. The van der Waals surface area contributed by atoms with E-state index in [0.29, 0.717) is 37.5 Å². The van der Waals surface area contributed by atoms with Crippen molar-refractivity contribution in [2.45, 2.75) is 50.0 Å². The maximum Gasteiger partial charge on any atom is 0.449 e. The average molecular weight is 508 g/mol. The number of alkyl halides is 3. The number of amides is 1. The molecule has 2 fully saturated rings. The lowest BCUT2D eigenvalue weighted by atomic mass is 10.2. The lowest BCUT2D eigenvalue weighted by molar-refractivity contribution is -0.149. The molecule has 2 aromatic heterocycles. The number of hydrogen-bond acceptors (Lipinski definition) is 7. The van der Waals surface area contributed by atoms with Crippen LogP contribution in [0.25, 0.3) is 10.3 Å². The number of fused-ring (bicyclic) bond motifs is 1. The second-order valence-corrected chi connectivity index (χ2v) is 9.89. The van der Waals surface area contributed by atoms with Crippen LogP contribution >= 0.6 is 11.3 Å². The zero-order valence-electron chi connectivity index (χ0n) is 19.0. The van der Waals surface area contributed by atoms with Gasteiger partial charge < -0.3 is 15.0 Å². The highest BCUT2D eigenvalue weighted by Gasteiger charge is 2.51. The van der Waals surface area contributed by atoms with Crippen molar-refractivity contribution in [1.29, 1.82) is 0 Å². The molecule has 0 spiro atoms. The van der Waals surface area contributed by atoms with E-state index in [2.05, 4.69) is 15.3 Å². The normalized spacial score (nSPS) is 19.3. The van der Waals surface area contributed by atoms with Crippen LogP contribution in [0.5, 0.6) is 0 Å². The summed E-state index contributed by atoms with van der Waals surface area (Å²) in [5.41, 5.74) is -1.05. The molecule has 5 rings (SSSR count). The molecule has 186 valence electrons. The van der Waals surface area contributed by atoms with E-state index < -0.39 is 29.1 Å². The Morgan fingerprint density at radius 1 is 1.26 bits per heavy atom. The van der Waals surface area contributed by atoms with Gasteiger partial charge in [0.15, 0.2) is 15.5 Å². The van der Waals surface area contributed by atoms with E-state index in [1.807, 2.05) is 30.3 Å². The van der Waals surface area contributed by atoms with Crippen LogP contribution in [0.15, 0.2) is 35.1 Å². The molecule has 1 aliphatic heterocycles. The molecule has 1 aromatic carbocycles. The molecule has 1 saturated carbocycles. The summed E-state index contributed by atoms with van der Waals surface area (Å²) in [6.07, 6.45) is -2.72. The Kier molecular flexibility index (Phi) is 6.04. The zero-order chi connectivity index (χ0) is 24.8. The number of carbonyl (C=O) groups is 1. The minimum Gasteiger partial charge on any atom is -0.382 e. The van der Waals surface area contributed by atoms with Crippen LogP contribution in [0.3, 0.4) is 0 Å². The number of nitrogens with one attached hydrogen (secondary N) is 1. The van der Waals surface area contributed by atoms with E-state index in [-0.39, 0.29) is 22.9 Å². The van der Waals surface area contributed by atoms with Crippen molar-refractivity contribution in [3.05, 3.63) is 52.1 Å². The Balaban J connectivity index is 1.47. The minimum absolute atomic E-state index is 0.0179. The van der Waals surface area contributed by atoms with Crippen molar-refractivity contribution in [3.8, 4) is 0 Å². The smallest absolute Gasteiger partial charge is 0.382 e. The number of benzene rings is 1. The van der Waals surface area contributed by atoms with E-state index in [9.17, 15) is 22.8 Å². The molecule has 3 heterocycles. The first-order valence-corrected chi connectivity index (χ1v) is 12.1. The minimum atomic E-state index is -4.81. The standard InChI is InChI=1S/C23H24F3N5O3S/c1-34-13-22(9-10-22)31-19(33)16-18(29-20(31)23(24,25)26)35-21(28-16)30-11-5-8-15(30)17(32)27-12-14-6-3-2-4-7-14/h2-4,6-7,15H,5,8-13H2,1H3,(H,27,32)/t15-/m1/s1. The van der Waals surface area contributed by atoms with E-state index in [0.717, 1.165) is 27.9 Å². The zero-order valence-corrected chi connectivity index (χ0v) is 19.8. The molecule has 1 aliphatic carbocycles. The summed E-state index contributed by atoms with van der Waals surface area (Å²) in [7, 11) is 1.39. The monoisotopic (exact) mass is 507 g/mol. The van der Waals surface area contributed by atoms with Gasteiger partial charge in [-0.1, -0.05) is 41.7 Å². The van der Waals surface area contributed by atoms with Gasteiger partial charge in [0.05, 0.1) is 12.1 Å². The van der Waals surface area contributed by atoms with E-state index >= 15 is 0 Å². The summed E-state index contributed by atoms with van der Waals surface area (Å²) in [6.45, 7) is 0.861. The largest absolute Gasteiger partial charge is 0.449 e. The number of halogens is 3. The molecular weight excluding hydrogens is 483 g/mol. The van der Waals surface area contributed by atoms with Gasteiger partial charge in [0.2, 0.25) is 11.7 Å². The quantitative estimate of drug-likeness (QED) is 0.528. The van der Waals surface area contributed by atoms with Crippen molar-refractivity contribution in [3.63, 3.8) is 0 Å². The van der Waals surface area contributed by atoms with Gasteiger partial charge in [-0.05, 0) is 31.2 Å². The Hall–Kier alpha value is -2.99. The molecule has 8 nitrogen and oxygen atoms in total. The fourth-order valence-corrected chi connectivity index (χ4v) is 5.64. The summed E-state index contributed by atoms with van der Waals surface area (Å²) >= 11 is 0.907. The lowest BCUT2D eigenvalue weighted by Gasteiger charge is -2.23. The summed E-state index contributed by atoms with van der Waals surface area (Å²) in [6, 6.07) is 8.96. The SMILES string of the molecule is COCC1(n2c(C(F)(F)F)nc3sc(N4CCC[C@@H]4C(=O)NCc4ccccc4)nc3c2=O)CC1. The van der Waals surface area contributed by atoms with Crippen molar-refractivity contribution in [1.82, 2.24) is 19.9 Å². The van der Waals surface area contributed by atoms with Gasteiger partial charge in [-0.15, -0.1) is 0 Å². The first-order chi connectivity index (χ1) is 16.7. The number of carbonyl (C=O) groups excluding carboxylic acids is 1. The van der Waals surface area contributed by atoms with Crippen molar-refractivity contribution in [2.75, 3.05) is 25.2 Å². The van der Waals surface area contributed by atoms with Gasteiger partial charge in [-0.3, -0.25) is 14.2 Å². The molecule has 1 saturated heterocycles. The number of anilines is 1. The van der Waals surface area contributed by atoms with E-state index in [1.54, 1.807) is 4.90 Å². The van der Waals surface area contributed by atoms with Crippen LogP contribution in [0.1, 0.15) is 37.1 Å². The number of rotatable bonds is 7. The predicted octanol–water partition coefficient (Wildman–Crippen LogP) is 3.29. The van der Waals surface area contributed by atoms with Gasteiger partial charge in [-0.25, -0.2) is 9.97 Å². The van der Waals surface area contributed by atoms with Gasteiger partial charge >= 0.3 is 6.18 Å². The second kappa shape index (κ2) is 8.90. The van der Waals surface area contributed by atoms with Gasteiger partial charge in [0.1, 0.15) is 6.04 Å². The molecule has 1 amide bonds. The number of thiazole rings is 1. The molecule has 1 atom stereocenters. The Morgan fingerprint density at radius 3 is 2.66 bits per heavy atom. The van der Waals surface area contributed by atoms with Gasteiger partial charge in [-0.2, -0.15) is 13.2 Å². The first kappa shape index (κ1) is 23.7. The number of aromatic nitrogens is 3. The summed E-state index contributed by atoms with van der Waals surface area (Å²) in [4.78, 5) is 36.1. The Bertz CT molecular complexity index is 1300. The molecule has 0 unspecified atom stereocenters. The predicted molar refractivity (Wildman–Crippen MR) is 124 cm³/mol. The third-order valence-corrected chi connectivity index (χ3v) is 7.49. The highest BCUT2D eigenvalue weighted by atomic mass is 32.1. The average Bonchev–Trinajstić information content (AvgIpc) is 3.23. The number of methoxy groups -OCH3 is 1. The van der Waals surface area contributed by atoms with E-state index in [4.69, 9.17) is 4.74 Å². The lowest BCUT2D eigenvalue weighted by Crippen LogP contribution is -2.43. The Labute approximate surface area is 202 Å². The molecule has 2 aliphatic rings. The third kappa shape index (κ3) is 4.40. The molecule has 12 heteroatoms. The van der Waals surface area contributed by atoms with Crippen molar-refractivity contribution < 1.29 is 22.7 Å². The van der Waals surface area contributed by atoms with Gasteiger partial charge in [0.25, 0.3) is 5.56 Å². The number of ether oxygens (including phenoxy) is 1. The second-order valence-electron chi connectivity index (χ2n) is 8.94. The Morgan fingerprint density at radius 2 is 2.00 bits per heavy atom. The van der Waals surface area contributed by atoms with Crippen LogP contribution < -0.4 is 15.8 Å². The van der Waals surface area contributed by atoms with Crippen LogP contribution in [0, 0.1) is 0 Å². The summed E-state index contributed by atoms with van der Waals surface area (Å²) in [5, 5.41) is 3.24. The molecule has 0 radical (unpaired) electrons. The van der Waals surface area contributed by atoms with Crippen LogP contribution in [-0.2, 0) is 27.8 Å². The molecule has 3 aromatic rings. The summed E-state index contributed by atoms with van der Waals surface area (Å²) < 4.78 is 47.6. The number of nitrogens with zero attached hydrogens (tertiary/aromatic N) is 4.